The van der Waals surface area contributed by atoms with E-state index in [2.05, 4.69) is 10.2 Å². The molecule has 1 aliphatic rings. The first-order valence-corrected chi connectivity index (χ1v) is 7.91. The molecule has 1 N–H and O–H groups in total. The largest absolute Gasteiger partial charge is 0.466 e. The second-order valence-corrected chi connectivity index (χ2v) is 6.04. The lowest BCUT2D eigenvalue weighted by molar-refractivity contribution is 0.0929. The van der Waals surface area contributed by atoms with E-state index in [0.29, 0.717) is 11.3 Å². The van der Waals surface area contributed by atoms with Gasteiger partial charge in [0.25, 0.3) is 5.91 Å². The molecule has 1 aromatic carbocycles. The van der Waals surface area contributed by atoms with Crippen LogP contribution >= 0.6 is 0 Å². The lowest BCUT2D eigenvalue weighted by Crippen LogP contribution is -2.44. The highest BCUT2D eigenvalue weighted by molar-refractivity contribution is 5.95. The van der Waals surface area contributed by atoms with Crippen molar-refractivity contribution in [3.63, 3.8) is 0 Å². The summed E-state index contributed by atoms with van der Waals surface area (Å²) in [5, 5.41) is 3.07. The molecular weight excluding hydrogens is 295 g/mol. The molecule has 122 valence electrons. The van der Waals surface area contributed by atoms with E-state index in [1.54, 1.807) is 25.1 Å². The molecular formula is C18H21FN2O2. The van der Waals surface area contributed by atoms with Gasteiger partial charge in [-0.1, -0.05) is 6.07 Å². The summed E-state index contributed by atoms with van der Waals surface area (Å²) in [4.78, 5) is 14.5. The van der Waals surface area contributed by atoms with Gasteiger partial charge in [0.05, 0.1) is 5.56 Å². The Morgan fingerprint density at radius 3 is 2.61 bits per heavy atom. The molecule has 0 aliphatic carbocycles. The van der Waals surface area contributed by atoms with Crippen LogP contribution in [0.4, 0.5) is 10.1 Å². The zero-order valence-electron chi connectivity index (χ0n) is 13.4. The van der Waals surface area contributed by atoms with Gasteiger partial charge in [0, 0.05) is 24.8 Å². The number of nitrogens with zero attached hydrogens (tertiary/aromatic N) is 1. The van der Waals surface area contributed by atoms with Crippen molar-refractivity contribution < 1.29 is 13.6 Å². The number of hydrogen-bond donors (Lipinski definition) is 1. The van der Waals surface area contributed by atoms with Crippen LogP contribution in [0.1, 0.15) is 34.7 Å². The Balaban J connectivity index is 1.57. The Kier molecular flexibility index (Phi) is 4.37. The monoisotopic (exact) mass is 316 g/mol. The fourth-order valence-corrected chi connectivity index (χ4v) is 3.07. The van der Waals surface area contributed by atoms with Crippen molar-refractivity contribution in [1.82, 2.24) is 5.32 Å². The molecule has 1 aromatic heterocycles. The lowest BCUT2D eigenvalue weighted by atomic mass is 10.0. The Labute approximate surface area is 135 Å². The number of furan rings is 1. The Morgan fingerprint density at radius 2 is 2.00 bits per heavy atom. The molecule has 2 heterocycles. The normalized spacial score (nSPS) is 15.7. The van der Waals surface area contributed by atoms with Crippen molar-refractivity contribution in [3.05, 3.63) is 53.2 Å². The topological polar surface area (TPSA) is 45.5 Å². The number of rotatable bonds is 3. The average molecular weight is 316 g/mol. The second kappa shape index (κ2) is 6.44. The van der Waals surface area contributed by atoms with E-state index in [0.717, 1.165) is 37.4 Å². The SMILES string of the molecule is Cc1cc(C(=O)NC2CCN(c3cccc(F)c3)CC2)c(C)o1. The van der Waals surface area contributed by atoms with Crippen LogP contribution in [0.15, 0.2) is 34.7 Å². The van der Waals surface area contributed by atoms with Gasteiger partial charge in [0.2, 0.25) is 0 Å². The number of piperidine rings is 1. The van der Waals surface area contributed by atoms with Crippen LogP contribution < -0.4 is 10.2 Å². The summed E-state index contributed by atoms with van der Waals surface area (Å²) in [5.74, 6) is 1.10. The van der Waals surface area contributed by atoms with E-state index in [1.807, 2.05) is 13.0 Å². The third kappa shape index (κ3) is 3.55. The van der Waals surface area contributed by atoms with Crippen molar-refractivity contribution in [2.75, 3.05) is 18.0 Å². The minimum Gasteiger partial charge on any atom is -0.466 e. The fraction of sp³-hybridized carbons (Fsp3) is 0.389. The standard InChI is InChI=1S/C18H21FN2O2/c1-12-10-17(13(2)23-12)18(22)20-15-6-8-21(9-7-15)16-5-3-4-14(19)11-16/h3-5,10-11,15H,6-9H2,1-2H3,(H,20,22). The summed E-state index contributed by atoms with van der Waals surface area (Å²) in [6.07, 6.45) is 1.69. The smallest absolute Gasteiger partial charge is 0.255 e. The quantitative estimate of drug-likeness (QED) is 0.943. The molecule has 1 amide bonds. The number of aryl methyl sites for hydroxylation is 2. The number of halogens is 1. The maximum Gasteiger partial charge on any atom is 0.255 e. The molecule has 4 nitrogen and oxygen atoms in total. The first kappa shape index (κ1) is 15.6. The van der Waals surface area contributed by atoms with Gasteiger partial charge in [-0.3, -0.25) is 4.79 Å². The zero-order valence-corrected chi connectivity index (χ0v) is 13.4. The van der Waals surface area contributed by atoms with E-state index >= 15 is 0 Å². The van der Waals surface area contributed by atoms with Crippen molar-refractivity contribution in [2.24, 2.45) is 0 Å². The van der Waals surface area contributed by atoms with E-state index in [1.165, 1.54) is 6.07 Å². The number of carbonyl (C=O) groups is 1. The number of anilines is 1. The van der Waals surface area contributed by atoms with Gasteiger partial charge in [-0.05, 0) is 51.0 Å². The number of hydrogen-bond acceptors (Lipinski definition) is 3. The number of benzene rings is 1. The molecule has 1 fully saturated rings. The van der Waals surface area contributed by atoms with Crippen LogP contribution in [0.3, 0.4) is 0 Å². The van der Waals surface area contributed by atoms with Crippen LogP contribution in [-0.2, 0) is 0 Å². The van der Waals surface area contributed by atoms with Gasteiger partial charge in [-0.25, -0.2) is 4.39 Å². The molecule has 0 unspecified atom stereocenters. The Hall–Kier alpha value is -2.30. The number of carbonyl (C=O) groups excluding carboxylic acids is 1. The summed E-state index contributed by atoms with van der Waals surface area (Å²) in [5.41, 5.74) is 1.51. The van der Waals surface area contributed by atoms with E-state index in [9.17, 15) is 9.18 Å². The van der Waals surface area contributed by atoms with Crippen molar-refractivity contribution in [1.29, 1.82) is 0 Å². The van der Waals surface area contributed by atoms with Crippen LogP contribution in [-0.4, -0.2) is 25.0 Å². The molecule has 1 saturated heterocycles. The highest BCUT2D eigenvalue weighted by Crippen LogP contribution is 2.21. The third-order valence-electron chi connectivity index (χ3n) is 4.29. The van der Waals surface area contributed by atoms with E-state index in [4.69, 9.17) is 4.42 Å². The number of amides is 1. The van der Waals surface area contributed by atoms with Crippen LogP contribution in [0.2, 0.25) is 0 Å². The zero-order chi connectivity index (χ0) is 16.4. The van der Waals surface area contributed by atoms with E-state index in [-0.39, 0.29) is 17.8 Å². The van der Waals surface area contributed by atoms with Gasteiger partial charge >= 0.3 is 0 Å². The molecule has 3 rings (SSSR count). The minimum atomic E-state index is -0.219. The van der Waals surface area contributed by atoms with Crippen LogP contribution in [0.25, 0.3) is 0 Å². The summed E-state index contributed by atoms with van der Waals surface area (Å²) < 4.78 is 18.7. The van der Waals surface area contributed by atoms with Gasteiger partial charge in [0.1, 0.15) is 17.3 Å². The maximum absolute atomic E-state index is 13.3. The molecule has 0 radical (unpaired) electrons. The van der Waals surface area contributed by atoms with Crippen LogP contribution in [0, 0.1) is 19.7 Å². The Morgan fingerprint density at radius 1 is 1.26 bits per heavy atom. The summed E-state index contributed by atoms with van der Waals surface area (Å²) in [6, 6.07) is 8.55. The lowest BCUT2D eigenvalue weighted by Gasteiger charge is -2.34. The Bertz CT molecular complexity index is 703. The van der Waals surface area contributed by atoms with Gasteiger partial charge in [0.15, 0.2) is 0 Å². The predicted octanol–water partition coefficient (Wildman–Crippen LogP) is 3.43. The summed E-state index contributed by atoms with van der Waals surface area (Å²) >= 11 is 0. The van der Waals surface area contributed by atoms with Gasteiger partial charge in [-0.2, -0.15) is 0 Å². The maximum atomic E-state index is 13.3. The third-order valence-corrected chi connectivity index (χ3v) is 4.29. The predicted molar refractivity (Wildman–Crippen MR) is 87.3 cm³/mol. The van der Waals surface area contributed by atoms with Crippen molar-refractivity contribution >= 4 is 11.6 Å². The fourth-order valence-electron chi connectivity index (χ4n) is 3.07. The van der Waals surface area contributed by atoms with Crippen molar-refractivity contribution in [2.45, 2.75) is 32.7 Å². The van der Waals surface area contributed by atoms with Gasteiger partial charge in [-0.15, -0.1) is 0 Å². The van der Waals surface area contributed by atoms with E-state index < -0.39 is 0 Å². The van der Waals surface area contributed by atoms with Gasteiger partial charge < -0.3 is 14.6 Å². The highest BCUT2D eigenvalue weighted by atomic mass is 19.1. The molecule has 1 aliphatic heterocycles. The molecule has 0 spiro atoms. The molecule has 2 aromatic rings. The summed E-state index contributed by atoms with van der Waals surface area (Å²) in [7, 11) is 0. The van der Waals surface area contributed by atoms with Crippen LogP contribution in [0.5, 0.6) is 0 Å². The highest BCUT2D eigenvalue weighted by Gasteiger charge is 2.23. The molecule has 0 bridgehead atoms. The summed E-state index contributed by atoms with van der Waals surface area (Å²) in [6.45, 7) is 5.24. The first-order valence-electron chi connectivity index (χ1n) is 7.91. The van der Waals surface area contributed by atoms with Crippen molar-refractivity contribution in [3.8, 4) is 0 Å². The molecule has 5 heteroatoms. The molecule has 0 saturated carbocycles. The number of nitrogens with one attached hydrogen (secondary N) is 1. The average Bonchev–Trinajstić information content (AvgIpc) is 2.87. The molecule has 0 atom stereocenters. The first-order chi connectivity index (χ1) is 11.0. The molecule has 23 heavy (non-hydrogen) atoms. The second-order valence-electron chi connectivity index (χ2n) is 6.04. The minimum absolute atomic E-state index is 0.0800.